The van der Waals surface area contributed by atoms with Crippen molar-refractivity contribution in [1.82, 2.24) is 39.5 Å². The maximum absolute atomic E-state index is 7.07. The number of ether oxygens (including phenoxy) is 4. The maximum Gasteiger partial charge on any atom is 0.168 e. The molecule has 73 heavy (non-hydrogen) atoms. The molecule has 3 aromatic heterocycles. The minimum atomic E-state index is -0.0682. The van der Waals surface area contributed by atoms with Crippen molar-refractivity contribution < 1.29 is 18.9 Å². The summed E-state index contributed by atoms with van der Waals surface area (Å²) in [5, 5.41) is 3.30. The summed E-state index contributed by atoms with van der Waals surface area (Å²) in [4.78, 5) is 36.6. The number of rotatable bonds is 16. The number of hydrogen-bond acceptors (Lipinski definition) is 10. The Hall–Kier alpha value is -6.56. The third kappa shape index (κ3) is 9.62. The number of aryl methyl sites for hydroxylation is 1. The van der Waals surface area contributed by atoms with E-state index >= 15 is 0 Å². The fourth-order valence-corrected chi connectivity index (χ4v) is 11.3. The van der Waals surface area contributed by atoms with E-state index in [0.717, 1.165) is 49.5 Å². The van der Waals surface area contributed by atoms with E-state index in [4.69, 9.17) is 48.9 Å². The van der Waals surface area contributed by atoms with Crippen molar-refractivity contribution in [1.29, 1.82) is 0 Å². The fourth-order valence-electron chi connectivity index (χ4n) is 11.3. The summed E-state index contributed by atoms with van der Waals surface area (Å²) in [6.07, 6.45) is -0.265. The van der Waals surface area contributed by atoms with Crippen LogP contribution in [-0.2, 0) is 7.05 Å². The first kappa shape index (κ1) is 51.3. The molecule has 0 amide bonds. The van der Waals surface area contributed by atoms with E-state index in [9.17, 15) is 0 Å². The topological polar surface area (TPSA) is 135 Å². The van der Waals surface area contributed by atoms with Crippen molar-refractivity contribution in [2.75, 3.05) is 0 Å². The molecular weight excluding hydrogens is 909 g/mol. The van der Waals surface area contributed by atoms with Gasteiger partial charge in [-0.1, -0.05) is 159 Å². The second-order valence-corrected chi connectivity index (χ2v) is 23.0. The third-order valence-electron chi connectivity index (χ3n) is 14.5. The van der Waals surface area contributed by atoms with Crippen LogP contribution in [-0.4, -0.2) is 63.9 Å². The van der Waals surface area contributed by atoms with Gasteiger partial charge in [-0.05, 0) is 71.6 Å². The molecule has 0 unspecified atom stereocenters. The van der Waals surface area contributed by atoms with Crippen LogP contribution in [0.5, 0.6) is 23.0 Å². The van der Waals surface area contributed by atoms with Gasteiger partial charge in [0, 0.05) is 28.9 Å². The number of aromatic amines is 1. The first-order valence-electron chi connectivity index (χ1n) is 26.7. The molecule has 12 nitrogen and oxygen atoms in total. The van der Waals surface area contributed by atoms with Gasteiger partial charge in [0.2, 0.25) is 0 Å². The van der Waals surface area contributed by atoms with Crippen molar-refractivity contribution in [2.45, 2.75) is 135 Å². The Morgan fingerprint density at radius 3 is 1.18 bits per heavy atom. The molecule has 384 valence electrons. The normalized spacial score (nSPS) is 12.8. The van der Waals surface area contributed by atoms with Crippen LogP contribution in [0, 0.1) is 47.3 Å². The van der Waals surface area contributed by atoms with Crippen molar-refractivity contribution in [3.05, 3.63) is 72.8 Å². The average molecular weight is 985 g/mol. The lowest BCUT2D eigenvalue weighted by molar-refractivity contribution is 0.106. The predicted octanol–water partition coefficient (Wildman–Crippen LogP) is 15.1. The summed E-state index contributed by atoms with van der Waals surface area (Å²) in [5.74, 6) is 6.75. The number of fused-ring (bicyclic) bond motifs is 20. The molecule has 0 saturated heterocycles. The SMILES string of the molecule is CC(C)C(Oc1cccc2c1-c1nc-2nc2c3c(OC(C(C)C)C(C)C)cccc3c(nc3nc(nc4[nH]c(n1)c1cccc(OC(C(C)C)C(C)C)c41)-c1cccc(OC(C(C)C)C(C)C)c1-3)n2C)C(C)C. The highest BCUT2D eigenvalue weighted by Gasteiger charge is 2.32. The van der Waals surface area contributed by atoms with Gasteiger partial charge in [-0.2, -0.15) is 0 Å². The molecule has 12 heteroatoms. The second-order valence-electron chi connectivity index (χ2n) is 23.0. The van der Waals surface area contributed by atoms with Crippen molar-refractivity contribution in [3.8, 4) is 68.5 Å². The van der Waals surface area contributed by atoms with E-state index in [-0.39, 0.29) is 71.8 Å². The van der Waals surface area contributed by atoms with Crippen LogP contribution in [0.2, 0.25) is 0 Å². The molecule has 0 aliphatic carbocycles. The minimum Gasteiger partial charge on any atom is -0.489 e. The summed E-state index contributed by atoms with van der Waals surface area (Å²) in [7, 11) is 2.00. The largest absolute Gasteiger partial charge is 0.489 e. The zero-order chi connectivity index (χ0) is 52.3. The highest BCUT2D eigenvalue weighted by atomic mass is 16.5. The number of aromatic nitrogens is 8. The zero-order valence-electron chi connectivity index (χ0n) is 46.1. The molecule has 7 aromatic rings. The quantitative estimate of drug-likeness (QED) is 0.0997. The van der Waals surface area contributed by atoms with Gasteiger partial charge in [0.1, 0.15) is 70.0 Å². The second kappa shape index (κ2) is 20.4. The van der Waals surface area contributed by atoms with Gasteiger partial charge in [-0.15, -0.1) is 0 Å². The molecular formula is C61H76N8O4. The molecule has 0 saturated carbocycles. The molecule has 0 atom stereocenters. The number of benzene rings is 4. The van der Waals surface area contributed by atoms with Crippen LogP contribution in [0.25, 0.3) is 89.7 Å². The molecule has 0 radical (unpaired) electrons. The number of nitrogens with zero attached hydrogens (tertiary/aromatic N) is 7. The molecule has 2 aliphatic rings. The van der Waals surface area contributed by atoms with Crippen LogP contribution < -0.4 is 18.9 Å². The first-order chi connectivity index (χ1) is 34.7. The van der Waals surface area contributed by atoms with E-state index in [1.807, 2.05) is 60.1 Å². The Balaban J connectivity index is 1.47. The highest BCUT2D eigenvalue weighted by Crippen LogP contribution is 2.46. The molecule has 2 aliphatic heterocycles. The van der Waals surface area contributed by atoms with Crippen molar-refractivity contribution >= 4 is 44.1 Å². The molecule has 0 spiro atoms. The van der Waals surface area contributed by atoms with E-state index in [1.165, 1.54) is 0 Å². The lowest BCUT2D eigenvalue weighted by Gasteiger charge is -2.27. The molecule has 4 aromatic carbocycles. The van der Waals surface area contributed by atoms with E-state index in [0.29, 0.717) is 63.1 Å². The monoisotopic (exact) mass is 985 g/mol. The van der Waals surface area contributed by atoms with Crippen molar-refractivity contribution in [2.24, 2.45) is 54.4 Å². The van der Waals surface area contributed by atoms with E-state index in [2.05, 4.69) is 140 Å². The van der Waals surface area contributed by atoms with Crippen LogP contribution in [0.4, 0.5) is 0 Å². The summed E-state index contributed by atoms with van der Waals surface area (Å²) in [6, 6.07) is 24.5. The van der Waals surface area contributed by atoms with Gasteiger partial charge in [-0.3, -0.25) is 0 Å². The smallest absolute Gasteiger partial charge is 0.168 e. The third-order valence-corrected chi connectivity index (χ3v) is 14.5. The standard InChI is InChI=1S/C61H76N8O4/c1-30(2)50(31(3)4)70-42-26-18-22-38-46(42)57-62-54(38)63-58-47-40(24-20-27-43(47)71-51(32(5)6)33(7)8)56(66-58)67-61-49-41(25-21-29-45(49)73-53(36(13)14)37(15)16)60(69(61)17)68-59-48-39(55(64-57)65-59)23-19-28-44(48)72-52(34(9)10)35(11)12/h18-37,50-53H,1-17H3,(H,62,63,64,65,66,67,68). The number of hydrogen-bond donors (Lipinski definition) is 1. The Labute approximate surface area is 431 Å². The fraction of sp³-hybridized carbons (Fsp3) is 0.475. The molecule has 0 fully saturated rings. The van der Waals surface area contributed by atoms with Gasteiger partial charge in [0.15, 0.2) is 23.3 Å². The lowest BCUT2D eigenvalue weighted by Crippen LogP contribution is -2.29. The van der Waals surface area contributed by atoms with Gasteiger partial charge >= 0.3 is 0 Å². The van der Waals surface area contributed by atoms with Gasteiger partial charge in [0.25, 0.3) is 0 Å². The summed E-state index contributed by atoms with van der Waals surface area (Å²) in [5.41, 5.74) is 5.57. The number of H-pyrrole nitrogens is 1. The van der Waals surface area contributed by atoms with Crippen LogP contribution in [0.3, 0.4) is 0 Å². The summed E-state index contributed by atoms with van der Waals surface area (Å²) >= 11 is 0. The Bertz CT molecular complexity index is 3310. The van der Waals surface area contributed by atoms with Crippen molar-refractivity contribution in [3.63, 3.8) is 0 Å². The zero-order valence-corrected chi connectivity index (χ0v) is 46.1. The van der Waals surface area contributed by atoms with E-state index in [1.54, 1.807) is 0 Å². The van der Waals surface area contributed by atoms with Gasteiger partial charge in [0.05, 0.1) is 21.9 Å². The minimum absolute atomic E-state index is 0.0641. The Morgan fingerprint density at radius 1 is 0.356 bits per heavy atom. The molecule has 8 bridgehead atoms. The summed E-state index contributed by atoms with van der Waals surface area (Å²) < 4.78 is 30.2. The predicted molar refractivity (Wildman–Crippen MR) is 297 cm³/mol. The Kier molecular flexibility index (Phi) is 14.3. The van der Waals surface area contributed by atoms with Crippen LogP contribution >= 0.6 is 0 Å². The highest BCUT2D eigenvalue weighted by molar-refractivity contribution is 6.10. The molecule has 1 N–H and O–H groups in total. The maximum atomic E-state index is 7.07. The van der Waals surface area contributed by atoms with Gasteiger partial charge in [-0.25, -0.2) is 29.9 Å². The first-order valence-corrected chi connectivity index (χ1v) is 26.7. The number of nitrogens with one attached hydrogen (secondary N) is 1. The molecule has 5 heterocycles. The van der Waals surface area contributed by atoms with Gasteiger partial charge < -0.3 is 28.5 Å². The lowest BCUT2D eigenvalue weighted by atomic mass is 9.96. The van der Waals surface area contributed by atoms with E-state index < -0.39 is 0 Å². The van der Waals surface area contributed by atoms with Crippen LogP contribution in [0.15, 0.2) is 72.8 Å². The molecule has 9 rings (SSSR count). The van der Waals surface area contributed by atoms with Crippen LogP contribution in [0.1, 0.15) is 111 Å². The Morgan fingerprint density at radius 2 is 0.712 bits per heavy atom. The average Bonchev–Trinajstić information content (AvgIpc) is 4.05. The summed E-state index contributed by atoms with van der Waals surface area (Å²) in [6.45, 7) is 35.2.